The van der Waals surface area contributed by atoms with E-state index >= 15 is 0 Å². The first-order valence-electron chi connectivity index (χ1n) is 6.10. The maximum absolute atomic E-state index is 4.39. The Bertz CT molecular complexity index is 338. The summed E-state index contributed by atoms with van der Waals surface area (Å²) in [6.07, 6.45) is 1.10. The van der Waals surface area contributed by atoms with E-state index in [1.165, 1.54) is 0 Å². The number of rotatable bonds is 7. The second-order valence-electron chi connectivity index (χ2n) is 4.33. The van der Waals surface area contributed by atoms with Crippen LogP contribution in [0.1, 0.15) is 19.0 Å². The molecule has 0 amide bonds. The van der Waals surface area contributed by atoms with E-state index in [0.717, 1.165) is 37.6 Å². The number of hydrogen-bond donors (Lipinski definition) is 2. The molecule has 0 bridgehead atoms. The van der Waals surface area contributed by atoms with E-state index in [9.17, 15) is 0 Å². The van der Waals surface area contributed by atoms with Gasteiger partial charge in [0.1, 0.15) is 5.82 Å². The van der Waals surface area contributed by atoms with Crippen LogP contribution >= 0.6 is 0 Å². The molecule has 96 valence electrons. The van der Waals surface area contributed by atoms with Crippen molar-refractivity contribution in [3.05, 3.63) is 11.8 Å². The molecule has 1 aromatic rings. The number of aromatic nitrogens is 2. The molecule has 0 aromatic carbocycles. The average Bonchev–Trinajstić information content (AvgIpc) is 2.24. The van der Waals surface area contributed by atoms with Crippen molar-refractivity contribution >= 4 is 11.8 Å². The number of anilines is 2. The Morgan fingerprint density at radius 1 is 1.24 bits per heavy atom. The summed E-state index contributed by atoms with van der Waals surface area (Å²) in [6.45, 7) is 6.87. The monoisotopic (exact) mass is 237 g/mol. The highest BCUT2D eigenvalue weighted by atomic mass is 15.1. The van der Waals surface area contributed by atoms with Gasteiger partial charge in [0.2, 0.25) is 5.95 Å². The fraction of sp³-hybridized carbons (Fsp3) is 0.667. The molecule has 0 radical (unpaired) electrons. The SMILES string of the molecule is CCNc1nc(C)cc(NCCCN(C)C)n1. The third-order valence-corrected chi connectivity index (χ3v) is 2.28. The number of hydrogen-bond acceptors (Lipinski definition) is 5. The fourth-order valence-corrected chi connectivity index (χ4v) is 1.51. The van der Waals surface area contributed by atoms with Gasteiger partial charge in [-0.3, -0.25) is 0 Å². The number of nitrogens with zero attached hydrogens (tertiary/aromatic N) is 3. The van der Waals surface area contributed by atoms with Gasteiger partial charge in [0.25, 0.3) is 0 Å². The van der Waals surface area contributed by atoms with Gasteiger partial charge in [0, 0.05) is 24.8 Å². The van der Waals surface area contributed by atoms with E-state index in [0.29, 0.717) is 5.95 Å². The van der Waals surface area contributed by atoms with Crippen molar-refractivity contribution in [1.29, 1.82) is 0 Å². The van der Waals surface area contributed by atoms with Crippen LogP contribution in [0.25, 0.3) is 0 Å². The second-order valence-corrected chi connectivity index (χ2v) is 4.33. The molecule has 1 aromatic heterocycles. The Hall–Kier alpha value is -1.36. The highest BCUT2D eigenvalue weighted by Crippen LogP contribution is 2.09. The lowest BCUT2D eigenvalue weighted by molar-refractivity contribution is 0.405. The van der Waals surface area contributed by atoms with E-state index in [1.54, 1.807) is 0 Å². The summed E-state index contributed by atoms with van der Waals surface area (Å²) in [7, 11) is 4.16. The van der Waals surface area contributed by atoms with Gasteiger partial charge in [-0.1, -0.05) is 0 Å². The molecular formula is C12H23N5. The van der Waals surface area contributed by atoms with Gasteiger partial charge in [-0.2, -0.15) is 4.98 Å². The predicted molar refractivity (Wildman–Crippen MR) is 72.6 cm³/mol. The summed E-state index contributed by atoms with van der Waals surface area (Å²) in [6, 6.07) is 1.97. The van der Waals surface area contributed by atoms with Crippen molar-refractivity contribution in [3.8, 4) is 0 Å². The van der Waals surface area contributed by atoms with Gasteiger partial charge >= 0.3 is 0 Å². The van der Waals surface area contributed by atoms with Crippen molar-refractivity contribution in [2.75, 3.05) is 44.4 Å². The zero-order chi connectivity index (χ0) is 12.7. The molecule has 0 spiro atoms. The van der Waals surface area contributed by atoms with Crippen LogP contribution in [0.5, 0.6) is 0 Å². The molecule has 1 heterocycles. The largest absolute Gasteiger partial charge is 0.370 e. The van der Waals surface area contributed by atoms with Gasteiger partial charge in [-0.25, -0.2) is 4.98 Å². The predicted octanol–water partition coefficient (Wildman–Crippen LogP) is 1.58. The van der Waals surface area contributed by atoms with Crippen LogP contribution in [0.2, 0.25) is 0 Å². The van der Waals surface area contributed by atoms with Crippen LogP contribution in [0.15, 0.2) is 6.07 Å². The molecule has 0 saturated carbocycles. The highest BCUT2D eigenvalue weighted by molar-refractivity contribution is 5.41. The molecule has 17 heavy (non-hydrogen) atoms. The van der Waals surface area contributed by atoms with Gasteiger partial charge in [0.05, 0.1) is 0 Å². The molecule has 0 aliphatic heterocycles. The average molecular weight is 237 g/mol. The molecular weight excluding hydrogens is 214 g/mol. The van der Waals surface area contributed by atoms with Gasteiger partial charge in [0.15, 0.2) is 0 Å². The summed E-state index contributed by atoms with van der Waals surface area (Å²) >= 11 is 0. The molecule has 5 heteroatoms. The Labute approximate surface area is 104 Å². The lowest BCUT2D eigenvalue weighted by Crippen LogP contribution is -2.17. The Morgan fingerprint density at radius 2 is 2.00 bits per heavy atom. The topological polar surface area (TPSA) is 53.1 Å². The maximum atomic E-state index is 4.39. The summed E-state index contributed by atoms with van der Waals surface area (Å²) < 4.78 is 0. The second kappa shape index (κ2) is 7.06. The summed E-state index contributed by atoms with van der Waals surface area (Å²) in [4.78, 5) is 10.9. The maximum Gasteiger partial charge on any atom is 0.224 e. The van der Waals surface area contributed by atoms with Crippen LogP contribution in [0.4, 0.5) is 11.8 Å². The van der Waals surface area contributed by atoms with Crippen LogP contribution in [0.3, 0.4) is 0 Å². The summed E-state index contributed by atoms with van der Waals surface area (Å²) in [5.41, 5.74) is 0.978. The molecule has 1 rings (SSSR count). The summed E-state index contributed by atoms with van der Waals surface area (Å²) in [5, 5.41) is 6.45. The molecule has 2 N–H and O–H groups in total. The Balaban J connectivity index is 2.46. The first-order chi connectivity index (χ1) is 8.11. The standard InChI is InChI=1S/C12H23N5/c1-5-13-12-15-10(2)9-11(16-12)14-7-6-8-17(3)4/h9H,5-8H2,1-4H3,(H2,13,14,15,16). The van der Waals surface area contributed by atoms with E-state index in [4.69, 9.17) is 0 Å². The quantitative estimate of drug-likeness (QED) is 0.705. The van der Waals surface area contributed by atoms with E-state index in [1.807, 2.05) is 19.9 Å². The van der Waals surface area contributed by atoms with E-state index in [-0.39, 0.29) is 0 Å². The minimum atomic E-state index is 0.697. The smallest absolute Gasteiger partial charge is 0.224 e. The third kappa shape index (κ3) is 5.49. The van der Waals surface area contributed by atoms with E-state index in [2.05, 4.69) is 39.6 Å². The molecule has 0 atom stereocenters. The van der Waals surface area contributed by atoms with Gasteiger partial charge < -0.3 is 15.5 Å². The molecule has 0 unspecified atom stereocenters. The van der Waals surface area contributed by atoms with Crippen molar-refractivity contribution < 1.29 is 0 Å². The fourth-order valence-electron chi connectivity index (χ4n) is 1.51. The zero-order valence-electron chi connectivity index (χ0n) is 11.2. The number of nitrogens with one attached hydrogen (secondary N) is 2. The molecule has 0 fully saturated rings. The van der Waals surface area contributed by atoms with Crippen molar-refractivity contribution in [3.63, 3.8) is 0 Å². The normalized spacial score (nSPS) is 10.6. The van der Waals surface area contributed by atoms with Gasteiger partial charge in [-0.15, -0.1) is 0 Å². The van der Waals surface area contributed by atoms with Gasteiger partial charge in [-0.05, 0) is 40.9 Å². The van der Waals surface area contributed by atoms with Crippen LogP contribution in [0, 0.1) is 6.92 Å². The summed E-state index contributed by atoms with van der Waals surface area (Å²) in [5.74, 6) is 1.59. The van der Waals surface area contributed by atoms with E-state index < -0.39 is 0 Å². The van der Waals surface area contributed by atoms with Crippen molar-refractivity contribution in [2.24, 2.45) is 0 Å². The van der Waals surface area contributed by atoms with Crippen LogP contribution in [-0.2, 0) is 0 Å². The zero-order valence-corrected chi connectivity index (χ0v) is 11.2. The molecule has 0 aliphatic carbocycles. The minimum absolute atomic E-state index is 0.697. The van der Waals surface area contributed by atoms with Crippen LogP contribution in [-0.4, -0.2) is 48.6 Å². The number of aryl methyl sites for hydroxylation is 1. The Kier molecular flexibility index (Phi) is 5.69. The first-order valence-corrected chi connectivity index (χ1v) is 6.10. The third-order valence-electron chi connectivity index (χ3n) is 2.28. The molecule has 0 saturated heterocycles. The molecule has 5 nitrogen and oxygen atoms in total. The lowest BCUT2D eigenvalue weighted by Gasteiger charge is -2.11. The molecule has 0 aliphatic rings. The van der Waals surface area contributed by atoms with Crippen molar-refractivity contribution in [1.82, 2.24) is 14.9 Å². The highest BCUT2D eigenvalue weighted by Gasteiger charge is 2.00. The van der Waals surface area contributed by atoms with Crippen LogP contribution < -0.4 is 10.6 Å². The van der Waals surface area contributed by atoms with Crippen molar-refractivity contribution in [2.45, 2.75) is 20.3 Å². The Morgan fingerprint density at radius 3 is 2.65 bits per heavy atom. The minimum Gasteiger partial charge on any atom is -0.370 e. The lowest BCUT2D eigenvalue weighted by atomic mass is 10.4. The first kappa shape index (κ1) is 13.7.